The van der Waals surface area contributed by atoms with Gasteiger partial charge in [-0.1, -0.05) is 72.8 Å². The van der Waals surface area contributed by atoms with Gasteiger partial charge in [-0.15, -0.1) is 0 Å². The molecule has 0 heterocycles. The van der Waals surface area contributed by atoms with Crippen molar-refractivity contribution in [2.24, 2.45) is 11.5 Å². The lowest BCUT2D eigenvalue weighted by Crippen LogP contribution is -2.09. The maximum absolute atomic E-state index is 12.7. The number of hydrogen-bond donors (Lipinski definition) is 6. The topological polar surface area (TPSA) is 167 Å². The molecule has 8 N–H and O–H groups in total. The summed E-state index contributed by atoms with van der Waals surface area (Å²) in [7, 11) is 0. The third kappa shape index (κ3) is 10.8. The molecule has 0 aromatic heterocycles. The molecule has 0 spiro atoms. The van der Waals surface area contributed by atoms with Crippen LogP contribution in [-0.2, 0) is 9.59 Å². The Balaban J connectivity index is 0.000000167. The fraction of sp³-hybridized carbons (Fsp3) is 0.235. The molecule has 0 aliphatic heterocycles. The summed E-state index contributed by atoms with van der Waals surface area (Å²) in [5.74, 6) is -5.15. The van der Waals surface area contributed by atoms with Crippen molar-refractivity contribution in [1.82, 2.24) is 0 Å². The van der Waals surface area contributed by atoms with Gasteiger partial charge in [0.05, 0.1) is 0 Å². The molecule has 2 aliphatic carbocycles. The Morgan fingerprint density at radius 3 is 1.11 bits per heavy atom. The minimum Gasteiger partial charge on any atom is -0.479 e. The second-order valence-corrected chi connectivity index (χ2v) is 10.7. The van der Waals surface area contributed by atoms with E-state index in [1.807, 2.05) is 0 Å². The minimum absolute atomic E-state index is 0.134. The molecule has 4 aromatic carbocycles. The minimum atomic E-state index is -1.41. The molecule has 0 bridgehead atoms. The highest BCUT2D eigenvalue weighted by Gasteiger charge is 2.35. The van der Waals surface area contributed by atoms with Crippen LogP contribution in [0.5, 0.6) is 0 Å². The van der Waals surface area contributed by atoms with Gasteiger partial charge in [0.1, 0.15) is 0 Å². The maximum atomic E-state index is 12.7. The van der Waals surface area contributed by atoms with E-state index in [-0.39, 0.29) is 23.9 Å². The van der Waals surface area contributed by atoms with Crippen LogP contribution in [0.3, 0.4) is 0 Å². The van der Waals surface area contributed by atoms with Gasteiger partial charge < -0.3 is 31.9 Å². The van der Waals surface area contributed by atoms with Crippen LogP contribution in [0.15, 0.2) is 97.1 Å². The third-order valence-corrected chi connectivity index (χ3v) is 7.12. The quantitative estimate of drug-likeness (QED) is 0.157. The molecule has 0 radical (unpaired) electrons. The number of aliphatic hydroxyl groups excluding tert-OH is 2. The Labute approximate surface area is 262 Å². The molecular weight excluding hydrogens is 608 g/mol. The molecule has 6 rings (SSSR count). The van der Waals surface area contributed by atoms with Gasteiger partial charge in [0.2, 0.25) is 0 Å². The summed E-state index contributed by atoms with van der Waals surface area (Å²) in [4.78, 5) is 20.5. The molecule has 0 amide bonds. The first kappa shape index (κ1) is 35.9. The molecule has 2 saturated carbocycles. The van der Waals surface area contributed by atoms with Gasteiger partial charge in [-0.3, -0.25) is 0 Å². The summed E-state index contributed by atoms with van der Waals surface area (Å²) < 4.78 is 50.3. The first-order valence-electron chi connectivity index (χ1n) is 14.1. The van der Waals surface area contributed by atoms with Crippen molar-refractivity contribution >= 4 is 11.9 Å². The number of carboxylic acids is 2. The molecule has 8 nitrogen and oxygen atoms in total. The van der Waals surface area contributed by atoms with E-state index in [0.29, 0.717) is 11.1 Å². The van der Waals surface area contributed by atoms with Gasteiger partial charge in [-0.2, -0.15) is 0 Å². The van der Waals surface area contributed by atoms with Crippen LogP contribution < -0.4 is 11.5 Å². The van der Waals surface area contributed by atoms with Crippen molar-refractivity contribution < 1.29 is 47.6 Å². The summed E-state index contributed by atoms with van der Waals surface area (Å²) >= 11 is 0. The summed E-state index contributed by atoms with van der Waals surface area (Å²) in [5, 5.41) is 34.8. The Hall–Kier alpha value is -4.62. The fourth-order valence-electron chi connectivity index (χ4n) is 4.24. The Bertz CT molecular complexity index is 1480. The van der Waals surface area contributed by atoms with Crippen LogP contribution in [-0.4, -0.2) is 44.4 Å². The lowest BCUT2D eigenvalue weighted by Gasteiger charge is -2.03. The highest BCUT2D eigenvalue weighted by molar-refractivity contribution is 5.74. The SMILES string of the molecule is N[C@@H]1C[C@H]1c1ccc(F)c(F)c1.N[C@H]1C[C@@H]1c1ccc(F)c(F)c1.O=C(O)[C@H](O)c1ccccc1.O=C(O)[C@H](O)c1ccccc1. The van der Waals surface area contributed by atoms with E-state index in [2.05, 4.69) is 0 Å². The van der Waals surface area contributed by atoms with Gasteiger partial charge in [-0.25, -0.2) is 27.2 Å². The summed E-state index contributed by atoms with van der Waals surface area (Å²) in [6.45, 7) is 0. The molecular formula is C34H34F4N2O6. The fourth-order valence-corrected chi connectivity index (χ4v) is 4.24. The van der Waals surface area contributed by atoms with Gasteiger partial charge in [-0.05, 0) is 59.4 Å². The molecule has 2 aliphatic rings. The van der Waals surface area contributed by atoms with E-state index in [9.17, 15) is 27.2 Å². The largest absolute Gasteiger partial charge is 0.479 e. The molecule has 6 atom stereocenters. The van der Waals surface area contributed by atoms with Crippen molar-refractivity contribution in [2.75, 3.05) is 0 Å². The zero-order valence-electron chi connectivity index (χ0n) is 24.4. The molecule has 4 aromatic rings. The normalized spacial score (nSPS) is 20.2. The number of nitrogens with two attached hydrogens (primary N) is 2. The van der Waals surface area contributed by atoms with Gasteiger partial charge in [0, 0.05) is 23.9 Å². The number of carboxylic acid groups (broad SMARTS) is 2. The van der Waals surface area contributed by atoms with E-state index in [4.69, 9.17) is 31.9 Å². The summed E-state index contributed by atoms with van der Waals surface area (Å²) in [5.41, 5.74) is 13.6. The monoisotopic (exact) mass is 642 g/mol. The van der Waals surface area contributed by atoms with E-state index in [1.54, 1.807) is 72.8 Å². The van der Waals surface area contributed by atoms with Crippen molar-refractivity contribution in [2.45, 2.75) is 49.0 Å². The molecule has 12 heteroatoms. The van der Waals surface area contributed by atoms with Crippen LogP contribution in [0.2, 0.25) is 0 Å². The first-order chi connectivity index (χ1) is 21.8. The van der Waals surface area contributed by atoms with E-state index in [0.717, 1.165) is 36.1 Å². The lowest BCUT2D eigenvalue weighted by molar-refractivity contribution is -0.147. The highest BCUT2D eigenvalue weighted by atomic mass is 19.2. The number of hydrogen-bond acceptors (Lipinski definition) is 6. The number of aliphatic hydroxyl groups is 2. The number of rotatable bonds is 6. The van der Waals surface area contributed by atoms with E-state index in [1.165, 1.54) is 12.1 Å². The highest BCUT2D eigenvalue weighted by Crippen LogP contribution is 2.39. The smallest absolute Gasteiger partial charge is 0.337 e. The molecule has 46 heavy (non-hydrogen) atoms. The zero-order valence-corrected chi connectivity index (χ0v) is 24.4. The Morgan fingerprint density at radius 2 is 0.870 bits per heavy atom. The van der Waals surface area contributed by atoms with Crippen LogP contribution in [0.4, 0.5) is 17.6 Å². The van der Waals surface area contributed by atoms with Gasteiger partial charge in [0.15, 0.2) is 35.5 Å². The van der Waals surface area contributed by atoms with Crippen LogP contribution in [0.25, 0.3) is 0 Å². The molecule has 0 saturated heterocycles. The van der Waals surface area contributed by atoms with E-state index < -0.39 is 47.4 Å². The summed E-state index contributed by atoms with van der Waals surface area (Å²) in [6, 6.07) is 24.7. The van der Waals surface area contributed by atoms with Crippen molar-refractivity contribution in [3.63, 3.8) is 0 Å². The standard InChI is InChI=1S/2C9H9F2N.2C8H8O3/c2*10-7-2-1-5(3-8(7)11)6-4-9(6)12;2*9-7(8(10)11)6-4-2-1-3-5-6/h2*1-3,6,9H,4,12H2;2*1-5,7,9H,(H,10,11)/t2*6-,9+;2*7-/m1011/s1. The molecule has 244 valence electrons. The predicted octanol–water partition coefficient (Wildman–Crippen LogP) is 5.17. The van der Waals surface area contributed by atoms with Gasteiger partial charge in [0.25, 0.3) is 0 Å². The predicted molar refractivity (Wildman–Crippen MR) is 161 cm³/mol. The Morgan fingerprint density at radius 1 is 0.565 bits per heavy atom. The zero-order chi connectivity index (χ0) is 34.0. The van der Waals surface area contributed by atoms with Gasteiger partial charge >= 0.3 is 11.9 Å². The third-order valence-electron chi connectivity index (χ3n) is 7.12. The van der Waals surface area contributed by atoms with Crippen molar-refractivity contribution in [3.05, 3.63) is 143 Å². The molecule has 2 fully saturated rings. The average Bonchev–Trinajstić information content (AvgIpc) is 3.98. The maximum Gasteiger partial charge on any atom is 0.337 e. The van der Waals surface area contributed by atoms with Crippen LogP contribution in [0, 0.1) is 23.3 Å². The van der Waals surface area contributed by atoms with E-state index >= 15 is 0 Å². The number of aliphatic carboxylic acids is 2. The first-order valence-corrected chi connectivity index (χ1v) is 14.1. The van der Waals surface area contributed by atoms with Crippen molar-refractivity contribution in [1.29, 1.82) is 0 Å². The number of benzene rings is 4. The second-order valence-electron chi connectivity index (χ2n) is 10.7. The molecule has 0 unspecified atom stereocenters. The number of carbonyl (C=O) groups is 2. The number of halogens is 4. The Kier molecular flexibility index (Phi) is 13.0. The summed E-state index contributed by atoms with van der Waals surface area (Å²) in [6.07, 6.45) is -1.05. The second kappa shape index (κ2) is 16.6. The van der Waals surface area contributed by atoms with Crippen LogP contribution >= 0.6 is 0 Å². The van der Waals surface area contributed by atoms with Crippen molar-refractivity contribution in [3.8, 4) is 0 Å². The van der Waals surface area contributed by atoms with Crippen LogP contribution in [0.1, 0.15) is 59.1 Å². The average molecular weight is 643 g/mol. The lowest BCUT2D eigenvalue weighted by atomic mass is 10.1.